The molecule has 0 aliphatic carbocycles. The molecule has 1 aromatic heterocycles. The predicted octanol–water partition coefficient (Wildman–Crippen LogP) is 2.27. The number of nitrogens with zero attached hydrogens (tertiary/aromatic N) is 2. The fourth-order valence-corrected chi connectivity index (χ4v) is 3.31. The van der Waals surface area contributed by atoms with Gasteiger partial charge in [-0.3, -0.25) is 9.69 Å². The van der Waals surface area contributed by atoms with E-state index in [4.69, 9.17) is 0 Å². The first-order chi connectivity index (χ1) is 8.56. The van der Waals surface area contributed by atoms with Gasteiger partial charge < -0.3 is 4.90 Å². The van der Waals surface area contributed by atoms with Crippen LogP contribution in [0.15, 0.2) is 12.1 Å². The molecule has 1 unspecified atom stereocenters. The number of Topliss-reactive ketones (excluding diaryl/α,β-unsaturated/α-hetero) is 1. The molecule has 1 aromatic rings. The summed E-state index contributed by atoms with van der Waals surface area (Å²) in [4.78, 5) is 18.8. The Balaban J connectivity index is 1.90. The van der Waals surface area contributed by atoms with E-state index in [1.165, 1.54) is 24.3 Å². The van der Waals surface area contributed by atoms with Crippen molar-refractivity contribution >= 4 is 17.1 Å². The molecule has 2 rings (SSSR count). The van der Waals surface area contributed by atoms with Crippen LogP contribution in [0.2, 0.25) is 0 Å². The molecule has 0 radical (unpaired) electrons. The molecule has 18 heavy (non-hydrogen) atoms. The van der Waals surface area contributed by atoms with Gasteiger partial charge in [0, 0.05) is 17.5 Å². The molecular weight excluding hydrogens is 244 g/mol. The molecule has 1 aliphatic rings. The van der Waals surface area contributed by atoms with Crippen LogP contribution in [0.4, 0.5) is 0 Å². The Morgan fingerprint density at radius 2 is 2.33 bits per heavy atom. The summed E-state index contributed by atoms with van der Waals surface area (Å²) in [5.74, 6) is 0.254. The van der Waals surface area contributed by atoms with Crippen LogP contribution in [-0.4, -0.2) is 55.4 Å². The molecule has 100 valence electrons. The zero-order chi connectivity index (χ0) is 13.1. The first-order valence-corrected chi connectivity index (χ1v) is 7.36. The summed E-state index contributed by atoms with van der Waals surface area (Å²) >= 11 is 1.60. The first kappa shape index (κ1) is 13.7. The highest BCUT2D eigenvalue weighted by molar-refractivity contribution is 7.14. The van der Waals surface area contributed by atoms with Crippen molar-refractivity contribution in [1.29, 1.82) is 0 Å². The number of thiophene rings is 1. The number of piperidine rings is 1. The number of aryl methyl sites for hydroxylation is 1. The number of ketones is 1. The second-order valence-electron chi connectivity index (χ2n) is 5.31. The number of hydrogen-bond acceptors (Lipinski definition) is 4. The molecule has 3 nitrogen and oxygen atoms in total. The standard InChI is InChI=1S/C14H22N2OS/c1-11-6-7-14(18-11)13(17)10-16(3)12-5-4-8-15(2)9-12/h6-7,12H,4-5,8-10H2,1-3H3. The van der Waals surface area contributed by atoms with Crippen molar-refractivity contribution in [3.05, 3.63) is 21.9 Å². The topological polar surface area (TPSA) is 23.6 Å². The van der Waals surface area contributed by atoms with Gasteiger partial charge in [0.25, 0.3) is 0 Å². The van der Waals surface area contributed by atoms with Gasteiger partial charge in [-0.15, -0.1) is 11.3 Å². The fraction of sp³-hybridized carbons (Fsp3) is 0.643. The average molecular weight is 266 g/mol. The summed E-state index contributed by atoms with van der Waals surface area (Å²) in [6.07, 6.45) is 2.44. The van der Waals surface area contributed by atoms with Crippen LogP contribution in [0.25, 0.3) is 0 Å². The van der Waals surface area contributed by atoms with Gasteiger partial charge in [-0.2, -0.15) is 0 Å². The van der Waals surface area contributed by atoms with Gasteiger partial charge in [0.05, 0.1) is 11.4 Å². The molecule has 0 saturated carbocycles. The Labute approximate surface area is 113 Å². The fourth-order valence-electron chi connectivity index (χ4n) is 2.52. The number of carbonyl (C=O) groups excluding carboxylic acids is 1. The van der Waals surface area contributed by atoms with Gasteiger partial charge >= 0.3 is 0 Å². The van der Waals surface area contributed by atoms with Gasteiger partial charge in [-0.05, 0) is 52.5 Å². The lowest BCUT2D eigenvalue weighted by molar-refractivity contribution is 0.0861. The normalized spacial score (nSPS) is 21.4. The van der Waals surface area contributed by atoms with Gasteiger partial charge in [0.2, 0.25) is 0 Å². The zero-order valence-electron chi connectivity index (χ0n) is 11.5. The molecule has 0 bridgehead atoms. The summed E-state index contributed by atoms with van der Waals surface area (Å²) < 4.78 is 0. The second kappa shape index (κ2) is 5.95. The Morgan fingerprint density at radius 1 is 1.56 bits per heavy atom. The second-order valence-corrected chi connectivity index (χ2v) is 6.59. The van der Waals surface area contributed by atoms with Gasteiger partial charge in [0.1, 0.15) is 0 Å². The van der Waals surface area contributed by atoms with Crippen LogP contribution in [0.1, 0.15) is 27.4 Å². The highest BCUT2D eigenvalue weighted by Gasteiger charge is 2.23. The van der Waals surface area contributed by atoms with Crippen LogP contribution in [0.3, 0.4) is 0 Å². The van der Waals surface area contributed by atoms with E-state index < -0.39 is 0 Å². The molecule has 0 aromatic carbocycles. The summed E-state index contributed by atoms with van der Waals surface area (Å²) in [5.41, 5.74) is 0. The third-order valence-electron chi connectivity index (χ3n) is 3.63. The van der Waals surface area contributed by atoms with E-state index in [9.17, 15) is 4.79 Å². The van der Waals surface area contributed by atoms with Gasteiger partial charge in [0.15, 0.2) is 5.78 Å². The SMILES string of the molecule is Cc1ccc(C(=O)CN(C)C2CCCN(C)C2)s1. The van der Waals surface area contributed by atoms with Crippen LogP contribution < -0.4 is 0 Å². The maximum absolute atomic E-state index is 12.1. The Bertz CT molecular complexity index is 416. The Morgan fingerprint density at radius 3 is 2.94 bits per heavy atom. The lowest BCUT2D eigenvalue weighted by atomic mass is 10.0. The minimum atomic E-state index is 0.254. The van der Waals surface area contributed by atoms with Gasteiger partial charge in [-0.1, -0.05) is 0 Å². The van der Waals surface area contributed by atoms with E-state index >= 15 is 0 Å². The minimum absolute atomic E-state index is 0.254. The summed E-state index contributed by atoms with van der Waals surface area (Å²) in [5, 5.41) is 0. The number of carbonyl (C=O) groups is 1. The van der Waals surface area contributed by atoms with Gasteiger partial charge in [-0.25, -0.2) is 0 Å². The molecule has 0 amide bonds. The lowest BCUT2D eigenvalue weighted by Crippen LogP contribution is -2.46. The maximum atomic E-state index is 12.1. The van der Waals surface area contributed by atoms with Crippen LogP contribution in [-0.2, 0) is 0 Å². The molecule has 1 atom stereocenters. The van der Waals surface area contributed by atoms with Crippen LogP contribution in [0, 0.1) is 6.92 Å². The van der Waals surface area contributed by atoms with Crippen molar-refractivity contribution in [2.75, 3.05) is 33.7 Å². The quantitative estimate of drug-likeness (QED) is 0.781. The van der Waals surface area contributed by atoms with Crippen molar-refractivity contribution < 1.29 is 4.79 Å². The molecule has 1 saturated heterocycles. The zero-order valence-corrected chi connectivity index (χ0v) is 12.3. The van der Waals surface area contributed by atoms with Crippen molar-refractivity contribution in [2.45, 2.75) is 25.8 Å². The molecule has 0 N–H and O–H groups in total. The van der Waals surface area contributed by atoms with E-state index in [-0.39, 0.29) is 5.78 Å². The van der Waals surface area contributed by atoms with Crippen molar-refractivity contribution in [2.24, 2.45) is 0 Å². The van der Waals surface area contributed by atoms with Crippen molar-refractivity contribution in [3.63, 3.8) is 0 Å². The van der Waals surface area contributed by atoms with Crippen LogP contribution >= 0.6 is 11.3 Å². The summed E-state index contributed by atoms with van der Waals surface area (Å²) in [6.45, 7) is 4.84. The minimum Gasteiger partial charge on any atom is -0.305 e. The molecule has 1 aliphatic heterocycles. The molecule has 1 fully saturated rings. The van der Waals surface area contributed by atoms with E-state index in [0.717, 1.165) is 11.4 Å². The first-order valence-electron chi connectivity index (χ1n) is 6.54. The summed E-state index contributed by atoms with van der Waals surface area (Å²) in [7, 11) is 4.23. The average Bonchev–Trinajstić information content (AvgIpc) is 2.76. The molecule has 0 spiro atoms. The van der Waals surface area contributed by atoms with Crippen LogP contribution in [0.5, 0.6) is 0 Å². The van der Waals surface area contributed by atoms with Crippen molar-refractivity contribution in [3.8, 4) is 0 Å². The van der Waals surface area contributed by atoms with E-state index in [2.05, 4.69) is 23.9 Å². The lowest BCUT2D eigenvalue weighted by Gasteiger charge is -2.35. The third kappa shape index (κ3) is 3.40. The number of hydrogen-bond donors (Lipinski definition) is 0. The number of likely N-dealkylation sites (N-methyl/N-ethyl adjacent to an activating group) is 2. The monoisotopic (exact) mass is 266 g/mol. The Kier molecular flexibility index (Phi) is 4.54. The Hall–Kier alpha value is -0.710. The maximum Gasteiger partial charge on any atom is 0.186 e. The highest BCUT2D eigenvalue weighted by Crippen LogP contribution is 2.18. The van der Waals surface area contributed by atoms with E-state index in [0.29, 0.717) is 12.6 Å². The number of likely N-dealkylation sites (tertiary alicyclic amines) is 1. The molecule has 4 heteroatoms. The van der Waals surface area contributed by atoms with E-state index in [1.54, 1.807) is 11.3 Å². The number of rotatable bonds is 4. The molecular formula is C14H22N2OS. The summed E-state index contributed by atoms with van der Waals surface area (Å²) in [6, 6.07) is 4.49. The molecule has 2 heterocycles. The predicted molar refractivity (Wildman–Crippen MR) is 76.5 cm³/mol. The highest BCUT2D eigenvalue weighted by atomic mass is 32.1. The van der Waals surface area contributed by atoms with E-state index in [1.807, 2.05) is 19.1 Å². The largest absolute Gasteiger partial charge is 0.305 e. The third-order valence-corrected chi connectivity index (χ3v) is 4.67. The smallest absolute Gasteiger partial charge is 0.186 e. The van der Waals surface area contributed by atoms with Crippen molar-refractivity contribution in [1.82, 2.24) is 9.80 Å².